The maximum atomic E-state index is 15.0. The zero-order valence-electron chi connectivity index (χ0n) is 23.7. The number of hydrogen-bond acceptors (Lipinski definition) is 5. The Kier molecular flexibility index (Phi) is 8.04. The van der Waals surface area contributed by atoms with Crippen LogP contribution in [0.4, 0.5) is 17.6 Å². The van der Waals surface area contributed by atoms with Crippen LogP contribution in [0.3, 0.4) is 0 Å². The van der Waals surface area contributed by atoms with Crippen molar-refractivity contribution in [2.24, 2.45) is 0 Å². The molecule has 1 N–H and O–H groups in total. The highest BCUT2D eigenvalue weighted by molar-refractivity contribution is 5.84. The van der Waals surface area contributed by atoms with Crippen LogP contribution in [0.5, 0.6) is 0 Å². The van der Waals surface area contributed by atoms with Gasteiger partial charge in [-0.1, -0.05) is 30.3 Å². The lowest BCUT2D eigenvalue weighted by atomic mass is 9.85. The topological polar surface area (TPSA) is 62.4 Å². The largest absolute Gasteiger partial charge is 0.381 e. The maximum absolute atomic E-state index is 15.0. The lowest BCUT2D eigenvalue weighted by Crippen LogP contribution is -2.57. The van der Waals surface area contributed by atoms with Crippen molar-refractivity contribution in [3.05, 3.63) is 119 Å². The number of nitrogens with zero attached hydrogens (tertiary/aromatic N) is 6. The zero-order valence-corrected chi connectivity index (χ0v) is 23.7. The van der Waals surface area contributed by atoms with Crippen LogP contribution in [0.1, 0.15) is 23.6 Å². The molecule has 0 bridgehead atoms. The van der Waals surface area contributed by atoms with Crippen LogP contribution in [0.25, 0.3) is 10.9 Å². The van der Waals surface area contributed by atoms with Crippen molar-refractivity contribution in [2.75, 3.05) is 26.2 Å². The summed E-state index contributed by atoms with van der Waals surface area (Å²) in [5.41, 5.74) is 0.775. The molecule has 43 heavy (non-hydrogen) atoms. The summed E-state index contributed by atoms with van der Waals surface area (Å²) in [5, 5.41) is 17.1. The van der Waals surface area contributed by atoms with E-state index in [1.54, 1.807) is 0 Å². The molecule has 1 aliphatic rings. The highest BCUT2D eigenvalue weighted by Crippen LogP contribution is 2.33. The Morgan fingerprint density at radius 3 is 2.28 bits per heavy atom. The highest BCUT2D eigenvalue weighted by Gasteiger charge is 2.42. The van der Waals surface area contributed by atoms with Crippen LogP contribution in [-0.4, -0.2) is 66.5 Å². The van der Waals surface area contributed by atoms with E-state index in [0.717, 1.165) is 34.7 Å². The summed E-state index contributed by atoms with van der Waals surface area (Å²) >= 11 is 0. The molecule has 7 nitrogen and oxygen atoms in total. The Morgan fingerprint density at radius 1 is 0.860 bits per heavy atom. The Morgan fingerprint density at radius 2 is 1.58 bits per heavy atom. The molecule has 3 aromatic carbocycles. The first kappa shape index (κ1) is 29.0. The molecule has 0 aliphatic carbocycles. The molecule has 2 atom stereocenters. The van der Waals surface area contributed by atoms with Gasteiger partial charge in [-0.2, -0.15) is 5.10 Å². The average molecular weight is 593 g/mol. The predicted octanol–water partition coefficient (Wildman–Crippen LogP) is 4.93. The fourth-order valence-electron chi connectivity index (χ4n) is 6.11. The molecule has 0 saturated carbocycles. The number of piperazine rings is 1. The number of para-hydroxylation sites is 1. The van der Waals surface area contributed by atoms with Crippen molar-refractivity contribution in [1.29, 1.82) is 0 Å². The first-order chi connectivity index (χ1) is 20.7. The van der Waals surface area contributed by atoms with Gasteiger partial charge in [0.1, 0.15) is 41.5 Å². The lowest BCUT2D eigenvalue weighted by molar-refractivity contribution is -0.0743. The number of rotatable bonds is 9. The first-order valence-corrected chi connectivity index (χ1v) is 14.2. The van der Waals surface area contributed by atoms with Gasteiger partial charge in [0.25, 0.3) is 0 Å². The molecular weight excluding hydrogens is 560 g/mol. The van der Waals surface area contributed by atoms with Gasteiger partial charge in [-0.05, 0) is 30.7 Å². The Bertz CT molecular complexity index is 1720. The molecule has 0 amide bonds. The van der Waals surface area contributed by atoms with Crippen molar-refractivity contribution in [1.82, 2.24) is 29.1 Å². The van der Waals surface area contributed by atoms with Gasteiger partial charge in [0.2, 0.25) is 0 Å². The van der Waals surface area contributed by atoms with Gasteiger partial charge in [0, 0.05) is 79.1 Å². The van der Waals surface area contributed by atoms with Gasteiger partial charge in [0.05, 0.1) is 13.1 Å². The van der Waals surface area contributed by atoms with Crippen LogP contribution in [-0.2, 0) is 25.2 Å². The molecule has 1 saturated heterocycles. The van der Waals surface area contributed by atoms with Crippen LogP contribution < -0.4 is 0 Å². The molecule has 1 aliphatic heterocycles. The Balaban J connectivity index is 1.18. The minimum atomic E-state index is -1.70. The summed E-state index contributed by atoms with van der Waals surface area (Å²) in [6.45, 7) is 5.36. The van der Waals surface area contributed by atoms with E-state index < -0.39 is 34.9 Å². The third kappa shape index (κ3) is 5.93. The van der Waals surface area contributed by atoms with E-state index in [9.17, 15) is 18.3 Å². The third-order valence-electron chi connectivity index (χ3n) is 8.53. The summed E-state index contributed by atoms with van der Waals surface area (Å²) in [6.07, 6.45) is 4.83. The first-order valence-electron chi connectivity index (χ1n) is 14.2. The van der Waals surface area contributed by atoms with Gasteiger partial charge in [0.15, 0.2) is 0 Å². The second kappa shape index (κ2) is 11.9. The molecule has 11 heteroatoms. The lowest BCUT2D eigenvalue weighted by Gasteiger charge is -2.45. The zero-order chi connectivity index (χ0) is 30.1. The quantitative estimate of drug-likeness (QED) is 0.246. The van der Waals surface area contributed by atoms with Crippen molar-refractivity contribution >= 4 is 10.9 Å². The smallest absolute Gasteiger partial charge is 0.137 e. The minimum Gasteiger partial charge on any atom is -0.381 e. The van der Waals surface area contributed by atoms with Crippen LogP contribution in [0, 0.1) is 23.3 Å². The fraction of sp³-hybridized carbons (Fsp3) is 0.312. The molecule has 0 unspecified atom stereocenters. The minimum absolute atomic E-state index is 0.00438. The normalized spacial score (nSPS) is 16.9. The standard InChI is InChI=1S/C32H32F4N6O/c1-22(32(43,19-42-21-37-20-38-42)28-9-8-26(34)15-30(28)36)40-12-10-39(11-13-40)16-24-18-41(31-5-3-2-4-27(24)31)17-23-6-7-25(33)14-29(23)35/h2-9,14-15,18,20-22,43H,10-13,16-17,19H2,1H3/t22-,32-/m1/s1. The van der Waals surface area contributed by atoms with E-state index in [4.69, 9.17) is 0 Å². The Hall–Kier alpha value is -4.06. The summed E-state index contributed by atoms with van der Waals surface area (Å²) in [5.74, 6) is -2.71. The van der Waals surface area contributed by atoms with Crippen molar-refractivity contribution in [3.63, 3.8) is 0 Å². The van der Waals surface area contributed by atoms with E-state index in [1.807, 2.05) is 42.0 Å². The molecule has 0 spiro atoms. The summed E-state index contributed by atoms with van der Waals surface area (Å²) in [4.78, 5) is 8.36. The van der Waals surface area contributed by atoms with Gasteiger partial charge in [-0.15, -0.1) is 0 Å². The second-order valence-corrected chi connectivity index (χ2v) is 11.2. The number of hydrogen-bond donors (Lipinski definition) is 1. The summed E-state index contributed by atoms with van der Waals surface area (Å²) in [6, 6.07) is 14.3. The van der Waals surface area contributed by atoms with Gasteiger partial charge < -0.3 is 9.67 Å². The van der Waals surface area contributed by atoms with Gasteiger partial charge in [-0.3, -0.25) is 9.80 Å². The van der Waals surface area contributed by atoms with E-state index in [2.05, 4.69) is 19.9 Å². The molecule has 224 valence electrons. The second-order valence-electron chi connectivity index (χ2n) is 11.2. The van der Waals surface area contributed by atoms with E-state index in [0.29, 0.717) is 38.3 Å². The van der Waals surface area contributed by atoms with Crippen molar-refractivity contribution < 1.29 is 22.7 Å². The number of aromatic nitrogens is 4. The van der Waals surface area contributed by atoms with E-state index in [1.165, 1.54) is 35.5 Å². The monoisotopic (exact) mass is 592 g/mol. The van der Waals surface area contributed by atoms with Crippen molar-refractivity contribution in [2.45, 2.75) is 38.2 Å². The molecular formula is C32H32F4N6O. The molecule has 1 fully saturated rings. The summed E-state index contributed by atoms with van der Waals surface area (Å²) in [7, 11) is 0. The number of aliphatic hydroxyl groups is 1. The predicted molar refractivity (Wildman–Crippen MR) is 154 cm³/mol. The fourth-order valence-corrected chi connectivity index (χ4v) is 6.11. The summed E-state index contributed by atoms with van der Waals surface area (Å²) < 4.78 is 60.0. The number of benzene rings is 3. The maximum Gasteiger partial charge on any atom is 0.137 e. The van der Waals surface area contributed by atoms with E-state index in [-0.39, 0.29) is 18.7 Å². The number of halogens is 4. The Labute approximate surface area is 246 Å². The third-order valence-corrected chi connectivity index (χ3v) is 8.53. The molecule has 5 aromatic rings. The van der Waals surface area contributed by atoms with Crippen LogP contribution in [0.15, 0.2) is 79.5 Å². The molecule has 0 radical (unpaired) electrons. The molecule has 3 heterocycles. The molecule has 6 rings (SSSR count). The molecule has 2 aromatic heterocycles. The van der Waals surface area contributed by atoms with Crippen LogP contribution >= 0.6 is 0 Å². The van der Waals surface area contributed by atoms with E-state index >= 15 is 4.39 Å². The van der Waals surface area contributed by atoms with Crippen molar-refractivity contribution in [3.8, 4) is 0 Å². The highest BCUT2D eigenvalue weighted by atomic mass is 19.1. The van der Waals surface area contributed by atoms with Crippen LogP contribution in [0.2, 0.25) is 0 Å². The SMILES string of the molecule is C[C@@H](N1CCN(Cc2cn(Cc3ccc(F)cc3F)c3ccccc23)CC1)[C@](O)(Cn1cncn1)c1ccc(F)cc1F. The average Bonchev–Trinajstić information content (AvgIpc) is 3.62. The number of fused-ring (bicyclic) bond motifs is 1. The van der Waals surface area contributed by atoms with Gasteiger partial charge in [-0.25, -0.2) is 27.2 Å². The van der Waals surface area contributed by atoms with Gasteiger partial charge >= 0.3 is 0 Å².